The summed E-state index contributed by atoms with van der Waals surface area (Å²) in [6, 6.07) is 8.24. The number of hydrogen-bond donors (Lipinski definition) is 1. The van der Waals surface area contributed by atoms with Gasteiger partial charge in [0.1, 0.15) is 6.04 Å². The zero-order valence-electron chi connectivity index (χ0n) is 13.6. The van der Waals surface area contributed by atoms with Gasteiger partial charge in [-0.05, 0) is 50.2 Å². The number of rotatable bonds is 5. The van der Waals surface area contributed by atoms with Crippen molar-refractivity contribution in [2.75, 3.05) is 10.6 Å². The maximum absolute atomic E-state index is 12.6. The number of nitrogens with one attached hydrogen (secondary N) is 1. The molecule has 2 aliphatic rings. The van der Waals surface area contributed by atoms with E-state index in [9.17, 15) is 13.2 Å². The summed E-state index contributed by atoms with van der Waals surface area (Å²) in [5, 5.41) is 3.09. The Morgan fingerprint density at radius 1 is 1.22 bits per heavy atom. The van der Waals surface area contributed by atoms with Crippen LogP contribution in [0.1, 0.15) is 32.6 Å². The second-order valence-corrected chi connectivity index (χ2v) is 8.72. The summed E-state index contributed by atoms with van der Waals surface area (Å²) in [7, 11) is -3.53. The van der Waals surface area contributed by atoms with Crippen LogP contribution in [0.4, 0.5) is 5.69 Å². The van der Waals surface area contributed by atoms with Crippen molar-refractivity contribution in [1.29, 1.82) is 0 Å². The van der Waals surface area contributed by atoms with Crippen molar-refractivity contribution in [2.24, 2.45) is 11.8 Å². The van der Waals surface area contributed by atoms with E-state index in [1.54, 1.807) is 31.2 Å². The quantitative estimate of drug-likeness (QED) is 0.896. The zero-order chi connectivity index (χ0) is 16.6. The molecule has 0 spiro atoms. The number of carbonyl (C=O) groups excluding carboxylic acids is 1. The van der Waals surface area contributed by atoms with Crippen molar-refractivity contribution in [3.8, 4) is 0 Å². The first-order valence-corrected chi connectivity index (χ1v) is 10.1. The number of sulfonamides is 1. The topological polar surface area (TPSA) is 66.5 Å². The van der Waals surface area contributed by atoms with Gasteiger partial charge in [0.15, 0.2) is 0 Å². The fraction of sp³-hybridized carbons (Fsp3) is 0.588. The first-order valence-electron chi connectivity index (χ1n) is 8.21. The Morgan fingerprint density at radius 3 is 2.43 bits per heavy atom. The fourth-order valence-corrected chi connectivity index (χ4v) is 5.28. The smallest absolute Gasteiger partial charge is 0.243 e. The number of anilines is 1. The summed E-state index contributed by atoms with van der Waals surface area (Å²) < 4.78 is 25.6. The highest BCUT2D eigenvalue weighted by Gasteiger charge is 2.41. The van der Waals surface area contributed by atoms with E-state index in [2.05, 4.69) is 5.32 Å². The van der Waals surface area contributed by atoms with E-state index >= 15 is 0 Å². The molecule has 3 rings (SSSR count). The van der Waals surface area contributed by atoms with E-state index in [1.807, 2.05) is 6.07 Å². The van der Waals surface area contributed by atoms with Gasteiger partial charge >= 0.3 is 0 Å². The molecule has 2 fully saturated rings. The maximum Gasteiger partial charge on any atom is 0.243 e. The van der Waals surface area contributed by atoms with Crippen LogP contribution < -0.4 is 9.62 Å². The van der Waals surface area contributed by atoms with Crippen LogP contribution in [-0.2, 0) is 14.8 Å². The minimum absolute atomic E-state index is 0.209. The van der Waals surface area contributed by atoms with Crippen LogP contribution in [0.15, 0.2) is 30.3 Å². The summed E-state index contributed by atoms with van der Waals surface area (Å²) in [4.78, 5) is 12.6. The summed E-state index contributed by atoms with van der Waals surface area (Å²) in [6.45, 7) is 1.65. The van der Waals surface area contributed by atoms with Crippen molar-refractivity contribution in [3.63, 3.8) is 0 Å². The first-order chi connectivity index (χ1) is 10.9. The Balaban J connectivity index is 1.75. The van der Waals surface area contributed by atoms with Crippen LogP contribution in [0.25, 0.3) is 0 Å². The monoisotopic (exact) mass is 336 g/mol. The second kappa shape index (κ2) is 6.15. The third-order valence-corrected chi connectivity index (χ3v) is 6.41. The van der Waals surface area contributed by atoms with Gasteiger partial charge in [0.25, 0.3) is 0 Å². The molecule has 0 aliphatic heterocycles. The van der Waals surface area contributed by atoms with Crippen LogP contribution in [0.2, 0.25) is 0 Å². The molecule has 6 heteroatoms. The number of amides is 1. The SMILES string of the molecule is C[C@H](C(=O)N[C@H]1C[C@@H]2CC[C@H]1C2)N(c1ccccc1)S(C)(=O)=O. The molecule has 2 bridgehead atoms. The van der Waals surface area contributed by atoms with Crippen molar-refractivity contribution in [1.82, 2.24) is 5.32 Å². The van der Waals surface area contributed by atoms with E-state index < -0.39 is 16.1 Å². The Bertz CT molecular complexity index is 674. The lowest BCUT2D eigenvalue weighted by Crippen LogP contribution is -2.51. The predicted molar refractivity (Wildman–Crippen MR) is 90.6 cm³/mol. The van der Waals surface area contributed by atoms with Crippen molar-refractivity contribution >= 4 is 21.6 Å². The lowest BCUT2D eigenvalue weighted by molar-refractivity contribution is -0.122. The number of benzene rings is 1. The Kier molecular flexibility index (Phi) is 4.36. The largest absolute Gasteiger partial charge is 0.351 e. The van der Waals surface area contributed by atoms with Gasteiger partial charge in [-0.3, -0.25) is 9.10 Å². The van der Waals surface area contributed by atoms with Crippen molar-refractivity contribution in [3.05, 3.63) is 30.3 Å². The molecule has 0 saturated heterocycles. The van der Waals surface area contributed by atoms with E-state index in [0.717, 1.165) is 18.6 Å². The summed E-state index contributed by atoms with van der Waals surface area (Å²) in [5.41, 5.74) is 0.519. The third-order valence-electron chi connectivity index (χ3n) is 5.16. The molecule has 1 aromatic carbocycles. The molecule has 1 amide bonds. The van der Waals surface area contributed by atoms with E-state index in [1.165, 1.54) is 23.6 Å². The van der Waals surface area contributed by atoms with Crippen LogP contribution in [-0.4, -0.2) is 32.7 Å². The molecule has 1 N–H and O–H groups in total. The van der Waals surface area contributed by atoms with Gasteiger partial charge in [-0.2, -0.15) is 0 Å². The second-order valence-electron chi connectivity index (χ2n) is 6.86. The molecule has 0 radical (unpaired) electrons. The fourth-order valence-electron chi connectivity index (χ4n) is 4.11. The van der Waals surface area contributed by atoms with Crippen LogP contribution >= 0.6 is 0 Å². The predicted octanol–water partition coefficient (Wildman–Crippen LogP) is 2.15. The van der Waals surface area contributed by atoms with Gasteiger partial charge in [-0.1, -0.05) is 24.6 Å². The maximum atomic E-state index is 12.6. The molecule has 4 atom stereocenters. The minimum atomic E-state index is -3.53. The van der Waals surface area contributed by atoms with E-state index in [-0.39, 0.29) is 11.9 Å². The van der Waals surface area contributed by atoms with Crippen LogP contribution in [0, 0.1) is 11.8 Å². The molecule has 0 unspecified atom stereocenters. The average Bonchev–Trinajstić information content (AvgIpc) is 3.09. The molecule has 0 heterocycles. The van der Waals surface area contributed by atoms with Gasteiger partial charge in [0, 0.05) is 6.04 Å². The van der Waals surface area contributed by atoms with Crippen molar-refractivity contribution < 1.29 is 13.2 Å². The van der Waals surface area contributed by atoms with Gasteiger partial charge in [-0.25, -0.2) is 8.42 Å². The number of nitrogens with zero attached hydrogens (tertiary/aromatic N) is 1. The van der Waals surface area contributed by atoms with E-state index in [0.29, 0.717) is 11.6 Å². The summed E-state index contributed by atoms with van der Waals surface area (Å²) >= 11 is 0. The Morgan fingerprint density at radius 2 is 1.91 bits per heavy atom. The number of para-hydroxylation sites is 1. The Hall–Kier alpha value is -1.56. The number of hydrogen-bond acceptors (Lipinski definition) is 3. The molecule has 23 heavy (non-hydrogen) atoms. The summed E-state index contributed by atoms with van der Waals surface area (Å²) in [5.74, 6) is 1.09. The normalized spacial score (nSPS) is 27.7. The third kappa shape index (κ3) is 3.37. The first kappa shape index (κ1) is 16.3. The molecule has 2 saturated carbocycles. The molecule has 5 nitrogen and oxygen atoms in total. The highest BCUT2D eigenvalue weighted by Crippen LogP contribution is 2.44. The minimum Gasteiger partial charge on any atom is -0.351 e. The molecule has 126 valence electrons. The van der Waals surface area contributed by atoms with Gasteiger partial charge in [-0.15, -0.1) is 0 Å². The lowest BCUT2D eigenvalue weighted by Gasteiger charge is -2.30. The van der Waals surface area contributed by atoms with Gasteiger partial charge in [0.05, 0.1) is 11.9 Å². The number of fused-ring (bicyclic) bond motifs is 2. The van der Waals surface area contributed by atoms with E-state index in [4.69, 9.17) is 0 Å². The molecular formula is C17H24N2O3S. The lowest BCUT2D eigenvalue weighted by atomic mass is 9.95. The average molecular weight is 336 g/mol. The molecule has 0 aromatic heterocycles. The van der Waals surface area contributed by atoms with Crippen molar-refractivity contribution in [2.45, 2.75) is 44.7 Å². The highest BCUT2D eigenvalue weighted by molar-refractivity contribution is 7.92. The standard InChI is InChI=1S/C17H24N2O3S/c1-12(17(20)18-16-11-13-8-9-14(16)10-13)19(23(2,21)22)15-6-4-3-5-7-15/h3-7,12-14,16H,8-11H2,1-2H3,(H,18,20)/t12-,13-,14+,16+/m1/s1. The van der Waals surface area contributed by atoms with Gasteiger partial charge in [0.2, 0.25) is 15.9 Å². The highest BCUT2D eigenvalue weighted by atomic mass is 32.2. The summed E-state index contributed by atoms with van der Waals surface area (Å²) in [6.07, 6.45) is 5.83. The number of carbonyl (C=O) groups is 1. The molecular weight excluding hydrogens is 312 g/mol. The molecule has 1 aromatic rings. The van der Waals surface area contributed by atoms with Crippen LogP contribution in [0.5, 0.6) is 0 Å². The Labute approximate surface area is 138 Å². The van der Waals surface area contributed by atoms with Crippen LogP contribution in [0.3, 0.4) is 0 Å². The van der Waals surface area contributed by atoms with Gasteiger partial charge < -0.3 is 5.32 Å². The molecule has 2 aliphatic carbocycles. The zero-order valence-corrected chi connectivity index (χ0v) is 14.4.